The highest BCUT2D eigenvalue weighted by Crippen LogP contribution is 2.13. The van der Waals surface area contributed by atoms with Gasteiger partial charge in [-0.2, -0.15) is 0 Å². The van der Waals surface area contributed by atoms with Gasteiger partial charge in [-0.05, 0) is 34.5 Å². The topological polar surface area (TPSA) is 38.9 Å². The molecule has 1 unspecified atom stereocenters. The first-order valence-electron chi connectivity index (χ1n) is 3.62. The molecule has 2 N–H and O–H groups in total. The Labute approximate surface area is 75.0 Å². The van der Waals surface area contributed by atoms with Gasteiger partial charge in [0.1, 0.15) is 4.60 Å². The molecule has 3 heteroatoms. The Hall–Kier alpha value is -0.410. The van der Waals surface area contributed by atoms with Crippen molar-refractivity contribution in [3.8, 4) is 0 Å². The molecule has 0 saturated carbocycles. The first kappa shape index (κ1) is 8.68. The Kier molecular flexibility index (Phi) is 3.02. The number of rotatable bonds is 2. The van der Waals surface area contributed by atoms with E-state index in [-0.39, 0.29) is 6.04 Å². The van der Waals surface area contributed by atoms with E-state index < -0.39 is 0 Å². The van der Waals surface area contributed by atoms with E-state index in [4.69, 9.17) is 5.73 Å². The van der Waals surface area contributed by atoms with Crippen molar-refractivity contribution in [2.45, 2.75) is 19.4 Å². The lowest BCUT2D eigenvalue weighted by atomic mass is 10.1. The summed E-state index contributed by atoms with van der Waals surface area (Å²) in [5, 5.41) is 0. The smallest absolute Gasteiger partial charge is 0.106 e. The molecule has 0 aliphatic rings. The highest BCUT2D eigenvalue weighted by Gasteiger charge is 2.03. The second kappa shape index (κ2) is 3.83. The molecule has 60 valence electrons. The molecule has 0 aliphatic carbocycles. The maximum atomic E-state index is 5.78. The van der Waals surface area contributed by atoms with Crippen LogP contribution in [0.15, 0.2) is 22.8 Å². The summed E-state index contributed by atoms with van der Waals surface area (Å²) in [6.07, 6.45) is 0.920. The van der Waals surface area contributed by atoms with Crippen LogP contribution in [0.25, 0.3) is 0 Å². The third kappa shape index (κ3) is 2.27. The van der Waals surface area contributed by atoms with Crippen molar-refractivity contribution in [3.05, 3.63) is 28.5 Å². The summed E-state index contributed by atoms with van der Waals surface area (Å²) in [6, 6.07) is 5.85. The maximum Gasteiger partial charge on any atom is 0.106 e. The van der Waals surface area contributed by atoms with Crippen LogP contribution in [0.5, 0.6) is 0 Å². The normalized spacial score (nSPS) is 13.0. The molecule has 1 aromatic rings. The molecule has 1 rings (SSSR count). The molecule has 0 radical (unpaired) electrons. The van der Waals surface area contributed by atoms with Crippen LogP contribution >= 0.6 is 15.9 Å². The molecule has 2 nitrogen and oxygen atoms in total. The van der Waals surface area contributed by atoms with Gasteiger partial charge in [0.15, 0.2) is 0 Å². The van der Waals surface area contributed by atoms with Crippen molar-refractivity contribution in [1.29, 1.82) is 0 Å². The zero-order valence-electron chi connectivity index (χ0n) is 6.42. The number of nitrogens with two attached hydrogens (primary N) is 1. The van der Waals surface area contributed by atoms with Crippen LogP contribution in [-0.4, -0.2) is 4.98 Å². The number of hydrogen-bond acceptors (Lipinski definition) is 2. The van der Waals surface area contributed by atoms with Crippen LogP contribution in [0.3, 0.4) is 0 Å². The SMILES string of the molecule is CCC(N)c1cccc(Br)n1. The van der Waals surface area contributed by atoms with Crippen LogP contribution in [0.1, 0.15) is 25.1 Å². The van der Waals surface area contributed by atoms with Gasteiger partial charge in [-0.3, -0.25) is 0 Å². The Morgan fingerprint density at radius 3 is 2.91 bits per heavy atom. The fraction of sp³-hybridized carbons (Fsp3) is 0.375. The molecule has 1 aromatic heterocycles. The van der Waals surface area contributed by atoms with Gasteiger partial charge < -0.3 is 5.73 Å². The summed E-state index contributed by atoms with van der Waals surface area (Å²) in [6.45, 7) is 2.05. The van der Waals surface area contributed by atoms with Crippen LogP contribution in [0.2, 0.25) is 0 Å². The van der Waals surface area contributed by atoms with Gasteiger partial charge in [0.25, 0.3) is 0 Å². The highest BCUT2D eigenvalue weighted by atomic mass is 79.9. The first-order valence-corrected chi connectivity index (χ1v) is 4.41. The minimum absolute atomic E-state index is 0.0625. The zero-order valence-corrected chi connectivity index (χ0v) is 8.01. The van der Waals surface area contributed by atoms with Gasteiger partial charge in [0.05, 0.1) is 5.69 Å². The van der Waals surface area contributed by atoms with Crippen molar-refractivity contribution in [1.82, 2.24) is 4.98 Å². The molecule has 0 fully saturated rings. The van der Waals surface area contributed by atoms with E-state index in [0.717, 1.165) is 16.7 Å². The fourth-order valence-corrected chi connectivity index (χ4v) is 1.20. The zero-order chi connectivity index (χ0) is 8.27. The van der Waals surface area contributed by atoms with E-state index >= 15 is 0 Å². The largest absolute Gasteiger partial charge is 0.323 e. The minimum atomic E-state index is 0.0625. The number of nitrogens with zero attached hydrogens (tertiary/aromatic N) is 1. The van der Waals surface area contributed by atoms with Crippen molar-refractivity contribution in [2.75, 3.05) is 0 Å². The molecule has 0 saturated heterocycles. The summed E-state index contributed by atoms with van der Waals surface area (Å²) in [4.78, 5) is 4.24. The fourth-order valence-electron chi connectivity index (χ4n) is 0.840. The van der Waals surface area contributed by atoms with Crippen molar-refractivity contribution in [3.63, 3.8) is 0 Å². The summed E-state index contributed by atoms with van der Waals surface area (Å²) >= 11 is 3.29. The van der Waals surface area contributed by atoms with Gasteiger partial charge in [0.2, 0.25) is 0 Å². The van der Waals surface area contributed by atoms with Gasteiger partial charge in [-0.25, -0.2) is 4.98 Å². The predicted molar refractivity (Wildman–Crippen MR) is 49.2 cm³/mol. The van der Waals surface area contributed by atoms with E-state index in [1.807, 2.05) is 25.1 Å². The van der Waals surface area contributed by atoms with Crippen LogP contribution < -0.4 is 5.73 Å². The van der Waals surface area contributed by atoms with Gasteiger partial charge in [-0.1, -0.05) is 13.0 Å². The van der Waals surface area contributed by atoms with Crippen molar-refractivity contribution < 1.29 is 0 Å². The van der Waals surface area contributed by atoms with E-state index in [0.29, 0.717) is 0 Å². The van der Waals surface area contributed by atoms with E-state index in [1.165, 1.54) is 0 Å². The van der Waals surface area contributed by atoms with Crippen molar-refractivity contribution >= 4 is 15.9 Å². The predicted octanol–water partition coefficient (Wildman–Crippen LogP) is 2.25. The second-order valence-electron chi connectivity index (χ2n) is 2.40. The molecule has 1 atom stereocenters. The quantitative estimate of drug-likeness (QED) is 0.768. The van der Waals surface area contributed by atoms with E-state index in [2.05, 4.69) is 20.9 Å². The second-order valence-corrected chi connectivity index (χ2v) is 3.21. The van der Waals surface area contributed by atoms with Crippen LogP contribution in [-0.2, 0) is 0 Å². The van der Waals surface area contributed by atoms with E-state index in [9.17, 15) is 0 Å². The summed E-state index contributed by atoms with van der Waals surface area (Å²) < 4.78 is 0.846. The molecule has 0 amide bonds. The number of aromatic nitrogens is 1. The summed E-state index contributed by atoms with van der Waals surface area (Å²) in [5.74, 6) is 0. The minimum Gasteiger partial charge on any atom is -0.323 e. The average molecular weight is 215 g/mol. The molecule has 0 aromatic carbocycles. The lowest BCUT2D eigenvalue weighted by Gasteiger charge is -2.06. The third-order valence-corrected chi connectivity index (χ3v) is 2.00. The van der Waals surface area contributed by atoms with Crippen LogP contribution in [0.4, 0.5) is 0 Å². The Bertz CT molecular complexity index is 237. The molecule has 0 spiro atoms. The first-order chi connectivity index (χ1) is 5.24. The summed E-state index contributed by atoms with van der Waals surface area (Å²) in [7, 11) is 0. The monoisotopic (exact) mass is 214 g/mol. The average Bonchev–Trinajstić information content (AvgIpc) is 2.03. The maximum absolute atomic E-state index is 5.78. The molecular weight excluding hydrogens is 204 g/mol. The van der Waals surface area contributed by atoms with Crippen LogP contribution in [0, 0.1) is 0 Å². The number of hydrogen-bond donors (Lipinski definition) is 1. The standard InChI is InChI=1S/C8H11BrN2/c1-2-6(10)7-4-3-5-8(9)11-7/h3-6H,2,10H2,1H3. The van der Waals surface area contributed by atoms with Gasteiger partial charge in [-0.15, -0.1) is 0 Å². The molecule has 1 heterocycles. The summed E-state index contributed by atoms with van der Waals surface area (Å²) in [5.41, 5.74) is 6.73. The number of halogens is 1. The molecule has 0 bridgehead atoms. The molecule has 11 heavy (non-hydrogen) atoms. The Balaban J connectivity index is 2.86. The molecule has 0 aliphatic heterocycles. The third-order valence-electron chi connectivity index (χ3n) is 1.56. The Morgan fingerprint density at radius 1 is 1.64 bits per heavy atom. The van der Waals surface area contributed by atoms with Crippen molar-refractivity contribution in [2.24, 2.45) is 5.73 Å². The lowest BCUT2D eigenvalue weighted by Crippen LogP contribution is -2.10. The van der Waals surface area contributed by atoms with Gasteiger partial charge >= 0.3 is 0 Å². The van der Waals surface area contributed by atoms with Gasteiger partial charge in [0, 0.05) is 6.04 Å². The Morgan fingerprint density at radius 2 is 2.36 bits per heavy atom. The lowest BCUT2D eigenvalue weighted by molar-refractivity contribution is 0.674. The molecular formula is C8H11BrN2. The highest BCUT2D eigenvalue weighted by molar-refractivity contribution is 9.10. The number of pyridine rings is 1. The van der Waals surface area contributed by atoms with E-state index in [1.54, 1.807) is 0 Å².